The highest BCUT2D eigenvalue weighted by Gasteiger charge is 2.11. The van der Waals surface area contributed by atoms with Gasteiger partial charge in [0, 0.05) is 22.7 Å². The number of nitro groups is 1. The van der Waals surface area contributed by atoms with Crippen LogP contribution in [0.3, 0.4) is 0 Å². The first-order valence-electron chi connectivity index (χ1n) is 8.64. The highest BCUT2D eigenvalue weighted by Crippen LogP contribution is 2.30. The van der Waals surface area contributed by atoms with Crippen molar-refractivity contribution in [3.05, 3.63) is 85.6 Å². The number of halogens is 1. The van der Waals surface area contributed by atoms with Crippen LogP contribution in [0.15, 0.2) is 75.3 Å². The van der Waals surface area contributed by atoms with Gasteiger partial charge in [-0.05, 0) is 41.8 Å². The van der Waals surface area contributed by atoms with Crippen molar-refractivity contribution in [3.8, 4) is 0 Å². The van der Waals surface area contributed by atoms with Gasteiger partial charge in [0.05, 0.1) is 20.0 Å². The number of nitrogens with one attached hydrogen (secondary N) is 1. The summed E-state index contributed by atoms with van der Waals surface area (Å²) in [6.45, 7) is 0. The Morgan fingerprint density at radius 1 is 1.16 bits per heavy atom. The zero-order chi connectivity index (χ0) is 21.8. The molecule has 0 saturated heterocycles. The molecular weight excluding hydrogens is 460 g/mol. The standard InChI is InChI=1S/C19H11ClN6O3S2/c20-12-5-8-14-16(10-12)31-19(21-14)25-23-17(15-2-1-9-30-15)22-24-18(27)11-3-6-13(7-4-11)26(28)29/h1-10H,(H,24,27)/b22-17-,25-23?. The second kappa shape index (κ2) is 9.08. The van der Waals surface area contributed by atoms with Crippen molar-refractivity contribution in [3.63, 3.8) is 0 Å². The van der Waals surface area contributed by atoms with E-state index < -0.39 is 10.8 Å². The Morgan fingerprint density at radius 2 is 1.97 bits per heavy atom. The van der Waals surface area contributed by atoms with Crippen LogP contribution in [0.1, 0.15) is 15.2 Å². The molecular formula is C19H11ClN6O3S2. The molecule has 9 nitrogen and oxygen atoms in total. The van der Waals surface area contributed by atoms with Crippen molar-refractivity contribution in [2.45, 2.75) is 0 Å². The largest absolute Gasteiger partial charge is 0.271 e. The molecule has 12 heteroatoms. The molecule has 2 aromatic carbocycles. The smallest absolute Gasteiger partial charge is 0.267 e. The predicted molar refractivity (Wildman–Crippen MR) is 121 cm³/mol. The molecule has 0 fully saturated rings. The fourth-order valence-electron chi connectivity index (χ4n) is 2.45. The molecule has 4 rings (SSSR count). The molecule has 0 atom stereocenters. The summed E-state index contributed by atoms with van der Waals surface area (Å²) >= 11 is 8.71. The van der Waals surface area contributed by atoms with E-state index in [-0.39, 0.29) is 17.1 Å². The molecule has 0 spiro atoms. The van der Waals surface area contributed by atoms with E-state index in [0.29, 0.717) is 15.0 Å². The topological polar surface area (TPSA) is 122 Å². The molecule has 0 saturated carbocycles. The minimum Gasteiger partial charge on any atom is -0.267 e. The first-order chi connectivity index (χ1) is 15.0. The maximum atomic E-state index is 12.3. The monoisotopic (exact) mass is 470 g/mol. The molecule has 31 heavy (non-hydrogen) atoms. The lowest BCUT2D eigenvalue weighted by atomic mass is 10.2. The number of hydrazone groups is 1. The van der Waals surface area contributed by atoms with Gasteiger partial charge in [0.25, 0.3) is 11.6 Å². The van der Waals surface area contributed by atoms with Gasteiger partial charge in [0.2, 0.25) is 11.0 Å². The average molecular weight is 471 g/mol. The van der Waals surface area contributed by atoms with E-state index in [1.54, 1.807) is 24.3 Å². The van der Waals surface area contributed by atoms with Crippen LogP contribution in [-0.4, -0.2) is 21.7 Å². The van der Waals surface area contributed by atoms with Crippen molar-refractivity contribution in [1.29, 1.82) is 0 Å². The number of hydrogen-bond acceptors (Lipinski definition) is 8. The van der Waals surface area contributed by atoms with Crippen molar-refractivity contribution in [1.82, 2.24) is 10.4 Å². The zero-order valence-corrected chi connectivity index (χ0v) is 17.8. The maximum Gasteiger partial charge on any atom is 0.271 e. The summed E-state index contributed by atoms with van der Waals surface area (Å²) < 4.78 is 0.877. The number of carbonyl (C=O) groups excluding carboxylic acids is 1. The van der Waals surface area contributed by atoms with Gasteiger partial charge in [0.15, 0.2) is 0 Å². The predicted octanol–water partition coefficient (Wildman–Crippen LogP) is 5.79. The summed E-state index contributed by atoms with van der Waals surface area (Å²) in [7, 11) is 0. The number of benzene rings is 2. The van der Waals surface area contributed by atoms with Crippen LogP contribution < -0.4 is 5.43 Å². The lowest BCUT2D eigenvalue weighted by molar-refractivity contribution is -0.384. The zero-order valence-electron chi connectivity index (χ0n) is 15.4. The second-order valence-electron chi connectivity index (χ2n) is 5.97. The van der Waals surface area contributed by atoms with Crippen molar-refractivity contribution in [2.24, 2.45) is 15.3 Å². The van der Waals surface area contributed by atoms with Crippen LogP contribution in [0.4, 0.5) is 10.8 Å². The molecule has 0 aliphatic rings. The summed E-state index contributed by atoms with van der Waals surface area (Å²) in [5, 5.41) is 26.0. The van der Waals surface area contributed by atoms with Crippen molar-refractivity contribution < 1.29 is 9.72 Å². The molecule has 0 aliphatic heterocycles. The molecule has 0 radical (unpaired) electrons. The minimum absolute atomic E-state index is 0.106. The van der Waals surface area contributed by atoms with Gasteiger partial charge in [-0.15, -0.1) is 26.7 Å². The third-order valence-electron chi connectivity index (χ3n) is 3.91. The van der Waals surface area contributed by atoms with E-state index in [4.69, 9.17) is 11.6 Å². The van der Waals surface area contributed by atoms with Crippen LogP contribution in [0, 0.1) is 10.1 Å². The van der Waals surface area contributed by atoms with Gasteiger partial charge in [-0.1, -0.05) is 29.0 Å². The van der Waals surface area contributed by atoms with Crippen LogP contribution >= 0.6 is 34.3 Å². The van der Waals surface area contributed by atoms with Gasteiger partial charge in [-0.3, -0.25) is 14.9 Å². The summed E-state index contributed by atoms with van der Waals surface area (Å²) in [5.74, 6) is -0.337. The Bertz CT molecular complexity index is 1320. The SMILES string of the molecule is O=C(N/N=C(\N=Nc1nc2ccc(Cl)cc2s1)c1cccs1)c1ccc([N+](=O)[O-])cc1. The van der Waals surface area contributed by atoms with E-state index in [1.807, 2.05) is 11.4 Å². The van der Waals surface area contributed by atoms with Crippen LogP contribution in [0.2, 0.25) is 5.02 Å². The summed E-state index contributed by atoms with van der Waals surface area (Å²) in [5.41, 5.74) is 3.27. The number of nitrogens with zero attached hydrogens (tertiary/aromatic N) is 5. The Hall–Kier alpha value is -3.54. The first-order valence-corrected chi connectivity index (χ1v) is 10.7. The summed E-state index contributed by atoms with van der Waals surface area (Å²) in [6, 6.07) is 14.1. The molecule has 4 aromatic rings. The second-order valence-corrected chi connectivity index (χ2v) is 8.36. The number of hydrogen-bond donors (Lipinski definition) is 1. The summed E-state index contributed by atoms with van der Waals surface area (Å²) in [4.78, 5) is 27.6. The Morgan fingerprint density at radius 3 is 2.68 bits per heavy atom. The van der Waals surface area contributed by atoms with E-state index in [9.17, 15) is 14.9 Å². The third-order valence-corrected chi connectivity index (χ3v) is 5.92. The number of non-ortho nitro benzene ring substituents is 1. The minimum atomic E-state index is -0.537. The number of fused-ring (bicyclic) bond motifs is 1. The van der Waals surface area contributed by atoms with Gasteiger partial charge >= 0.3 is 0 Å². The fourth-order valence-corrected chi connectivity index (χ4v) is 4.17. The van der Waals surface area contributed by atoms with E-state index in [1.165, 1.54) is 46.9 Å². The van der Waals surface area contributed by atoms with E-state index >= 15 is 0 Å². The van der Waals surface area contributed by atoms with Crippen LogP contribution in [0.25, 0.3) is 10.2 Å². The highest BCUT2D eigenvalue weighted by molar-refractivity contribution is 7.22. The number of thiazole rings is 1. The van der Waals surface area contributed by atoms with Gasteiger partial charge in [-0.25, -0.2) is 10.4 Å². The van der Waals surface area contributed by atoms with Gasteiger partial charge in [0.1, 0.15) is 0 Å². The van der Waals surface area contributed by atoms with E-state index in [0.717, 1.165) is 10.2 Å². The molecule has 154 valence electrons. The average Bonchev–Trinajstić information content (AvgIpc) is 3.43. The number of nitro benzene ring substituents is 1. The number of carbonyl (C=O) groups is 1. The lowest BCUT2D eigenvalue weighted by Gasteiger charge is -2.01. The van der Waals surface area contributed by atoms with Crippen molar-refractivity contribution >= 4 is 67.1 Å². The maximum absolute atomic E-state index is 12.3. The molecule has 0 bridgehead atoms. The van der Waals surface area contributed by atoms with Crippen LogP contribution in [0.5, 0.6) is 0 Å². The molecule has 0 aliphatic carbocycles. The Kier molecular flexibility index (Phi) is 6.07. The first kappa shape index (κ1) is 20.7. The lowest BCUT2D eigenvalue weighted by Crippen LogP contribution is -2.19. The van der Waals surface area contributed by atoms with Gasteiger partial charge < -0.3 is 0 Å². The quantitative estimate of drug-likeness (QED) is 0.130. The fraction of sp³-hybridized carbons (Fsp3) is 0. The molecule has 2 aromatic heterocycles. The molecule has 1 amide bonds. The number of amidine groups is 1. The Balaban J connectivity index is 1.56. The van der Waals surface area contributed by atoms with E-state index in [2.05, 4.69) is 25.7 Å². The van der Waals surface area contributed by atoms with Gasteiger partial charge in [-0.2, -0.15) is 0 Å². The normalized spacial score (nSPS) is 11.8. The third kappa shape index (κ3) is 4.97. The summed E-state index contributed by atoms with van der Waals surface area (Å²) in [6.07, 6.45) is 0. The number of thiophene rings is 1. The molecule has 0 unspecified atom stereocenters. The number of azo groups is 1. The number of amides is 1. The number of aromatic nitrogens is 1. The number of rotatable bonds is 5. The molecule has 1 N–H and O–H groups in total. The Labute approximate surface area is 187 Å². The highest BCUT2D eigenvalue weighted by atomic mass is 35.5. The van der Waals surface area contributed by atoms with Crippen LogP contribution in [-0.2, 0) is 0 Å². The van der Waals surface area contributed by atoms with Crippen molar-refractivity contribution in [2.75, 3.05) is 0 Å². The molecule has 2 heterocycles.